The number of amides is 1. The van der Waals surface area contributed by atoms with Gasteiger partial charge in [-0.05, 0) is 44.4 Å². The number of aryl methyl sites for hydroxylation is 2. The number of thioether (sulfide) groups is 1. The second-order valence-corrected chi connectivity index (χ2v) is 7.09. The number of nitrogens with zero attached hydrogens (tertiary/aromatic N) is 3. The fraction of sp³-hybridized carbons (Fsp3) is 0.471. The quantitative estimate of drug-likeness (QED) is 0.742. The summed E-state index contributed by atoms with van der Waals surface area (Å²) in [5.74, 6) is 0.875. The molecule has 0 aliphatic rings. The third kappa shape index (κ3) is 5.26. The summed E-state index contributed by atoms with van der Waals surface area (Å²) in [5, 5.41) is 11.4. The first-order valence-corrected chi connectivity index (χ1v) is 8.81. The number of carbonyl (C=O) groups is 1. The van der Waals surface area contributed by atoms with Gasteiger partial charge in [-0.2, -0.15) is 0 Å². The molecule has 1 amide bonds. The number of aromatic nitrogens is 3. The fourth-order valence-electron chi connectivity index (χ4n) is 2.20. The van der Waals surface area contributed by atoms with Gasteiger partial charge >= 0.3 is 0 Å². The van der Waals surface area contributed by atoms with Crippen LogP contribution in [-0.2, 0) is 18.3 Å². The summed E-state index contributed by atoms with van der Waals surface area (Å²) in [5.41, 5.74) is 1.23. The average Bonchev–Trinajstić information content (AvgIpc) is 2.98. The summed E-state index contributed by atoms with van der Waals surface area (Å²) in [4.78, 5) is 12.3. The Morgan fingerprint density at radius 2 is 2.04 bits per heavy atom. The molecule has 0 unspecified atom stereocenters. The van der Waals surface area contributed by atoms with E-state index in [1.807, 2.05) is 37.6 Å². The van der Waals surface area contributed by atoms with Crippen molar-refractivity contribution in [2.24, 2.45) is 7.05 Å². The lowest BCUT2D eigenvalue weighted by Gasteiger charge is -2.17. The van der Waals surface area contributed by atoms with Crippen molar-refractivity contribution in [3.8, 4) is 5.75 Å². The third-order valence-electron chi connectivity index (χ3n) is 3.74. The number of methoxy groups -OCH3 is 1. The van der Waals surface area contributed by atoms with Crippen LogP contribution >= 0.6 is 11.8 Å². The van der Waals surface area contributed by atoms with Crippen LogP contribution in [0.15, 0.2) is 35.7 Å². The second-order valence-electron chi connectivity index (χ2n) is 5.78. The summed E-state index contributed by atoms with van der Waals surface area (Å²) in [6, 6.07) is 8.14. The normalized spacial score (nSPS) is 13.3. The van der Waals surface area contributed by atoms with E-state index in [9.17, 15) is 4.79 Å². The predicted molar refractivity (Wildman–Crippen MR) is 95.2 cm³/mol. The zero-order valence-corrected chi connectivity index (χ0v) is 15.3. The Balaban J connectivity index is 1.77. The van der Waals surface area contributed by atoms with Crippen LogP contribution in [0.3, 0.4) is 0 Å². The van der Waals surface area contributed by atoms with E-state index in [1.54, 1.807) is 13.4 Å². The van der Waals surface area contributed by atoms with Crippen LogP contribution in [0.5, 0.6) is 5.75 Å². The minimum Gasteiger partial charge on any atom is -0.497 e. The molecule has 24 heavy (non-hydrogen) atoms. The molecule has 0 saturated heterocycles. The molecule has 130 valence electrons. The van der Waals surface area contributed by atoms with Gasteiger partial charge in [0.2, 0.25) is 5.91 Å². The molecule has 2 rings (SSSR count). The van der Waals surface area contributed by atoms with Gasteiger partial charge in [-0.1, -0.05) is 23.9 Å². The highest BCUT2D eigenvalue weighted by Gasteiger charge is 2.18. The summed E-state index contributed by atoms with van der Waals surface area (Å²) in [7, 11) is 3.53. The molecule has 1 N–H and O–H groups in total. The van der Waals surface area contributed by atoms with Crippen molar-refractivity contribution < 1.29 is 9.53 Å². The minimum atomic E-state index is -0.212. The summed E-state index contributed by atoms with van der Waals surface area (Å²) in [6.45, 7) is 3.91. The van der Waals surface area contributed by atoms with E-state index in [4.69, 9.17) is 4.74 Å². The molecule has 0 spiro atoms. The molecule has 0 aliphatic carbocycles. The van der Waals surface area contributed by atoms with Crippen LogP contribution in [0.2, 0.25) is 0 Å². The van der Waals surface area contributed by atoms with Crippen LogP contribution in [0.4, 0.5) is 0 Å². The van der Waals surface area contributed by atoms with Crippen LogP contribution < -0.4 is 10.1 Å². The van der Waals surface area contributed by atoms with E-state index in [0.29, 0.717) is 0 Å². The van der Waals surface area contributed by atoms with Crippen molar-refractivity contribution in [3.05, 3.63) is 36.2 Å². The number of hydrogen-bond donors (Lipinski definition) is 1. The fourth-order valence-corrected chi connectivity index (χ4v) is 3.00. The van der Waals surface area contributed by atoms with E-state index >= 15 is 0 Å². The van der Waals surface area contributed by atoms with Crippen molar-refractivity contribution in [3.63, 3.8) is 0 Å². The minimum absolute atomic E-state index is 0.0187. The Morgan fingerprint density at radius 3 is 2.62 bits per heavy atom. The summed E-state index contributed by atoms with van der Waals surface area (Å²) in [6.07, 6.45) is 3.43. The van der Waals surface area contributed by atoms with Crippen LogP contribution in [0.25, 0.3) is 0 Å². The van der Waals surface area contributed by atoms with Gasteiger partial charge in [0.05, 0.1) is 12.4 Å². The first-order chi connectivity index (χ1) is 11.5. The molecule has 7 heteroatoms. The lowest BCUT2D eigenvalue weighted by atomic mass is 10.1. The van der Waals surface area contributed by atoms with Crippen molar-refractivity contribution in [2.75, 3.05) is 7.11 Å². The molecule has 1 aromatic heterocycles. The smallest absolute Gasteiger partial charge is 0.233 e. The summed E-state index contributed by atoms with van der Waals surface area (Å²) >= 11 is 1.41. The molecule has 6 nitrogen and oxygen atoms in total. The Labute approximate surface area is 147 Å². The Hall–Kier alpha value is -2.02. The van der Waals surface area contributed by atoms with E-state index in [-0.39, 0.29) is 17.2 Å². The Morgan fingerprint density at radius 1 is 1.33 bits per heavy atom. The molecular formula is C17H24N4O2S. The third-order valence-corrected chi connectivity index (χ3v) is 4.88. The van der Waals surface area contributed by atoms with Gasteiger partial charge in [0.1, 0.15) is 12.1 Å². The molecule has 1 aromatic carbocycles. The van der Waals surface area contributed by atoms with Crippen molar-refractivity contribution >= 4 is 17.7 Å². The Bertz CT molecular complexity index is 657. The van der Waals surface area contributed by atoms with Crippen LogP contribution in [0, 0.1) is 0 Å². The molecule has 0 fully saturated rings. The number of rotatable bonds is 8. The highest BCUT2D eigenvalue weighted by molar-refractivity contribution is 8.00. The maximum Gasteiger partial charge on any atom is 0.233 e. The van der Waals surface area contributed by atoms with E-state index in [2.05, 4.69) is 27.6 Å². The standard InChI is InChI=1S/C17H24N4O2S/c1-12(5-6-14-7-9-15(23-4)10-8-14)19-16(22)13(2)24-17-20-18-11-21(17)3/h7-13H,5-6H2,1-4H3,(H,19,22)/t12-,13-/m1/s1. The van der Waals surface area contributed by atoms with Gasteiger partial charge in [-0.15, -0.1) is 10.2 Å². The molecule has 0 bridgehead atoms. The zero-order valence-electron chi connectivity index (χ0n) is 14.5. The zero-order chi connectivity index (χ0) is 17.5. The number of carbonyl (C=O) groups excluding carboxylic acids is 1. The first kappa shape index (κ1) is 18.3. The Kier molecular flexibility index (Phi) is 6.66. The molecule has 1 heterocycles. The lowest BCUT2D eigenvalue weighted by molar-refractivity contribution is -0.120. The summed E-state index contributed by atoms with van der Waals surface area (Å²) < 4.78 is 6.96. The molecule has 0 radical (unpaired) electrons. The van der Waals surface area contributed by atoms with Gasteiger partial charge < -0.3 is 14.6 Å². The number of ether oxygens (including phenoxy) is 1. The topological polar surface area (TPSA) is 69.0 Å². The highest BCUT2D eigenvalue weighted by atomic mass is 32.2. The van der Waals surface area contributed by atoms with Crippen molar-refractivity contribution in [1.82, 2.24) is 20.1 Å². The maximum atomic E-state index is 12.3. The predicted octanol–water partition coefficient (Wildman–Crippen LogP) is 2.44. The number of hydrogen-bond acceptors (Lipinski definition) is 5. The van der Waals surface area contributed by atoms with Gasteiger partial charge in [0.15, 0.2) is 5.16 Å². The lowest BCUT2D eigenvalue weighted by Crippen LogP contribution is -2.38. The molecule has 2 aromatic rings. The van der Waals surface area contributed by atoms with Gasteiger partial charge in [-0.3, -0.25) is 4.79 Å². The molecular weight excluding hydrogens is 324 g/mol. The second kappa shape index (κ2) is 8.73. The molecule has 2 atom stereocenters. The first-order valence-electron chi connectivity index (χ1n) is 7.93. The number of benzene rings is 1. The van der Waals surface area contributed by atoms with E-state index in [1.165, 1.54) is 17.3 Å². The van der Waals surface area contributed by atoms with Gasteiger partial charge in [0, 0.05) is 13.1 Å². The highest BCUT2D eigenvalue weighted by Crippen LogP contribution is 2.20. The largest absolute Gasteiger partial charge is 0.497 e. The maximum absolute atomic E-state index is 12.3. The van der Waals surface area contributed by atoms with E-state index in [0.717, 1.165) is 23.7 Å². The van der Waals surface area contributed by atoms with Crippen LogP contribution in [0.1, 0.15) is 25.8 Å². The monoisotopic (exact) mass is 348 g/mol. The average molecular weight is 348 g/mol. The molecule has 0 aliphatic heterocycles. The van der Waals surface area contributed by atoms with Crippen LogP contribution in [-0.4, -0.2) is 39.1 Å². The van der Waals surface area contributed by atoms with Crippen molar-refractivity contribution in [1.29, 1.82) is 0 Å². The van der Waals surface area contributed by atoms with Gasteiger partial charge in [-0.25, -0.2) is 0 Å². The van der Waals surface area contributed by atoms with E-state index < -0.39 is 0 Å². The molecule has 0 saturated carbocycles. The van der Waals surface area contributed by atoms with Crippen molar-refractivity contribution in [2.45, 2.75) is 43.1 Å². The van der Waals surface area contributed by atoms with Gasteiger partial charge in [0.25, 0.3) is 0 Å². The number of nitrogens with one attached hydrogen (secondary N) is 1. The SMILES string of the molecule is COc1ccc(CC[C@@H](C)NC(=O)[C@@H](C)Sc2nncn2C)cc1.